The van der Waals surface area contributed by atoms with Crippen LogP contribution in [0, 0.1) is 11.8 Å². The number of pyridine rings is 1. The molecule has 0 unspecified atom stereocenters. The summed E-state index contributed by atoms with van der Waals surface area (Å²) >= 11 is 0. The number of aromatic nitrogens is 1. The average molecular weight is 341 g/mol. The van der Waals surface area contributed by atoms with E-state index < -0.39 is 0 Å². The van der Waals surface area contributed by atoms with Crippen LogP contribution in [0.15, 0.2) is 47.3 Å². The summed E-state index contributed by atoms with van der Waals surface area (Å²) in [6.45, 7) is 3.28. The number of rotatable bonds is 4. The Morgan fingerprint density at radius 3 is 3.12 bits per heavy atom. The van der Waals surface area contributed by atoms with E-state index in [1.165, 1.54) is 0 Å². The van der Waals surface area contributed by atoms with Gasteiger partial charge in [0.05, 0.1) is 43.3 Å². The van der Waals surface area contributed by atoms with E-state index in [9.17, 15) is 4.79 Å². The fraction of sp³-hybridized carbons (Fsp3) is 0.474. The lowest BCUT2D eigenvalue weighted by Crippen LogP contribution is -2.49. The lowest BCUT2D eigenvalue weighted by Gasteiger charge is -2.42. The van der Waals surface area contributed by atoms with Crippen molar-refractivity contribution in [1.82, 2.24) is 9.88 Å². The summed E-state index contributed by atoms with van der Waals surface area (Å²) in [5, 5.41) is 2.94. The fourth-order valence-electron chi connectivity index (χ4n) is 3.84. The largest absolute Gasteiger partial charge is 0.468 e. The highest BCUT2D eigenvalue weighted by atomic mass is 16.5. The van der Waals surface area contributed by atoms with E-state index in [0.29, 0.717) is 12.5 Å². The van der Waals surface area contributed by atoms with Crippen molar-refractivity contribution in [3.8, 4) is 0 Å². The van der Waals surface area contributed by atoms with Crippen molar-refractivity contribution in [2.45, 2.75) is 25.5 Å². The van der Waals surface area contributed by atoms with Gasteiger partial charge in [0.1, 0.15) is 5.76 Å². The molecule has 0 aromatic carbocycles. The minimum Gasteiger partial charge on any atom is -0.468 e. The van der Waals surface area contributed by atoms with Crippen molar-refractivity contribution in [2.75, 3.05) is 25.0 Å². The minimum atomic E-state index is -0.106. The van der Waals surface area contributed by atoms with Gasteiger partial charge in [0.25, 0.3) is 0 Å². The van der Waals surface area contributed by atoms with Gasteiger partial charge in [0.2, 0.25) is 5.91 Å². The van der Waals surface area contributed by atoms with Crippen LogP contribution < -0.4 is 5.32 Å². The molecular weight excluding hydrogens is 318 g/mol. The molecule has 2 fully saturated rings. The second-order valence-electron chi connectivity index (χ2n) is 6.90. The number of carbonyl (C=O) groups excluding carboxylic acids is 1. The van der Waals surface area contributed by atoms with Gasteiger partial charge in [-0.2, -0.15) is 0 Å². The number of hydrogen-bond acceptors (Lipinski definition) is 5. The summed E-state index contributed by atoms with van der Waals surface area (Å²) < 4.78 is 11.5. The highest BCUT2D eigenvalue weighted by Crippen LogP contribution is 2.32. The van der Waals surface area contributed by atoms with Crippen LogP contribution in [0.3, 0.4) is 0 Å². The number of carbonyl (C=O) groups is 1. The zero-order valence-corrected chi connectivity index (χ0v) is 14.1. The molecule has 6 heteroatoms. The number of nitrogens with one attached hydrogen (secondary N) is 1. The van der Waals surface area contributed by atoms with E-state index in [4.69, 9.17) is 9.15 Å². The molecule has 2 aromatic heterocycles. The maximum Gasteiger partial charge on any atom is 0.229 e. The van der Waals surface area contributed by atoms with Crippen LogP contribution in [0.5, 0.6) is 0 Å². The van der Waals surface area contributed by atoms with Crippen LogP contribution in [0.4, 0.5) is 5.69 Å². The number of ether oxygens (including phenoxy) is 1. The Bertz CT molecular complexity index is 689. The standard InChI is InChI=1S/C19H23N3O3/c23-19(21-16-3-1-6-20-10-16)15-9-14-11-22(7-5-18(14)25-13-15)12-17-4-2-8-24-17/h1-4,6,8,10,14-15,18H,5,7,9,11-13H2,(H,21,23)/t14-,15-,18+/m1/s1. The highest BCUT2D eigenvalue weighted by molar-refractivity contribution is 5.92. The van der Waals surface area contributed by atoms with E-state index in [-0.39, 0.29) is 17.9 Å². The lowest BCUT2D eigenvalue weighted by atomic mass is 9.83. The van der Waals surface area contributed by atoms with E-state index in [0.717, 1.165) is 43.9 Å². The Hall–Kier alpha value is -2.18. The van der Waals surface area contributed by atoms with Crippen LogP contribution in [0.2, 0.25) is 0 Å². The summed E-state index contributed by atoms with van der Waals surface area (Å²) in [7, 11) is 0. The van der Waals surface area contributed by atoms with Gasteiger partial charge < -0.3 is 14.5 Å². The van der Waals surface area contributed by atoms with Crippen molar-refractivity contribution in [3.05, 3.63) is 48.7 Å². The van der Waals surface area contributed by atoms with Crippen molar-refractivity contribution in [1.29, 1.82) is 0 Å². The van der Waals surface area contributed by atoms with Crippen LogP contribution in [0.25, 0.3) is 0 Å². The predicted molar refractivity (Wildman–Crippen MR) is 92.8 cm³/mol. The normalized spacial score (nSPS) is 26.8. The predicted octanol–water partition coefficient (Wildman–Crippen LogP) is 2.54. The third-order valence-corrected chi connectivity index (χ3v) is 5.11. The second kappa shape index (κ2) is 7.37. The number of nitrogens with zero attached hydrogens (tertiary/aromatic N) is 2. The summed E-state index contributed by atoms with van der Waals surface area (Å²) in [6, 6.07) is 7.60. The zero-order valence-electron chi connectivity index (χ0n) is 14.1. The van der Waals surface area contributed by atoms with Gasteiger partial charge in [-0.3, -0.25) is 14.7 Å². The monoisotopic (exact) mass is 341 g/mol. The SMILES string of the molecule is O=C(Nc1cccnc1)[C@H]1CO[C@H]2CCN(Cc3ccco3)C[C@H]2C1. The first-order chi connectivity index (χ1) is 12.3. The number of likely N-dealkylation sites (tertiary alicyclic amines) is 1. The average Bonchev–Trinajstić information content (AvgIpc) is 3.15. The summed E-state index contributed by atoms with van der Waals surface area (Å²) in [5.41, 5.74) is 0.734. The first-order valence-electron chi connectivity index (χ1n) is 8.85. The third-order valence-electron chi connectivity index (χ3n) is 5.11. The molecule has 132 valence electrons. The number of hydrogen-bond donors (Lipinski definition) is 1. The van der Waals surface area contributed by atoms with E-state index >= 15 is 0 Å². The topological polar surface area (TPSA) is 67.6 Å². The Labute approximate surface area is 147 Å². The molecule has 0 aliphatic carbocycles. The molecule has 0 radical (unpaired) electrons. The van der Waals surface area contributed by atoms with Crippen molar-refractivity contribution >= 4 is 11.6 Å². The number of furan rings is 1. The van der Waals surface area contributed by atoms with Crippen LogP contribution >= 0.6 is 0 Å². The van der Waals surface area contributed by atoms with Gasteiger partial charge in [-0.1, -0.05) is 0 Å². The molecule has 1 amide bonds. The highest BCUT2D eigenvalue weighted by Gasteiger charge is 2.38. The van der Waals surface area contributed by atoms with Gasteiger partial charge in [0, 0.05) is 19.3 Å². The van der Waals surface area contributed by atoms with Crippen LogP contribution in [-0.4, -0.2) is 41.6 Å². The fourth-order valence-corrected chi connectivity index (χ4v) is 3.84. The molecule has 0 spiro atoms. The molecule has 2 aliphatic heterocycles. The molecule has 6 nitrogen and oxygen atoms in total. The molecule has 0 bridgehead atoms. The summed E-state index contributed by atoms with van der Waals surface area (Å²) in [5.74, 6) is 1.29. The van der Waals surface area contributed by atoms with Gasteiger partial charge in [-0.25, -0.2) is 0 Å². The molecule has 2 aliphatic rings. The second-order valence-corrected chi connectivity index (χ2v) is 6.90. The Balaban J connectivity index is 1.34. The smallest absolute Gasteiger partial charge is 0.229 e. The molecule has 4 rings (SSSR count). The van der Waals surface area contributed by atoms with Gasteiger partial charge >= 0.3 is 0 Å². The van der Waals surface area contributed by atoms with Crippen molar-refractivity contribution < 1.29 is 13.9 Å². The van der Waals surface area contributed by atoms with Crippen molar-refractivity contribution in [3.63, 3.8) is 0 Å². The van der Waals surface area contributed by atoms with Gasteiger partial charge in [-0.05, 0) is 43.0 Å². The number of fused-ring (bicyclic) bond motifs is 1. The molecule has 1 N–H and O–H groups in total. The molecular formula is C19H23N3O3. The van der Waals surface area contributed by atoms with E-state index in [2.05, 4.69) is 15.2 Å². The Morgan fingerprint density at radius 1 is 1.36 bits per heavy atom. The van der Waals surface area contributed by atoms with Crippen LogP contribution in [0.1, 0.15) is 18.6 Å². The lowest BCUT2D eigenvalue weighted by molar-refractivity contribution is -0.134. The van der Waals surface area contributed by atoms with Crippen molar-refractivity contribution in [2.24, 2.45) is 11.8 Å². The first-order valence-corrected chi connectivity index (χ1v) is 8.85. The molecule has 25 heavy (non-hydrogen) atoms. The minimum absolute atomic E-state index is 0.0228. The van der Waals surface area contributed by atoms with Gasteiger partial charge in [-0.15, -0.1) is 0 Å². The molecule has 0 saturated carbocycles. The van der Waals surface area contributed by atoms with E-state index in [1.54, 1.807) is 18.7 Å². The first kappa shape index (κ1) is 16.3. The molecule has 2 aromatic rings. The number of anilines is 1. The van der Waals surface area contributed by atoms with E-state index in [1.807, 2.05) is 24.3 Å². The van der Waals surface area contributed by atoms with Crippen LogP contribution in [-0.2, 0) is 16.1 Å². The number of piperidine rings is 1. The quantitative estimate of drug-likeness (QED) is 0.926. The number of amides is 1. The zero-order chi connectivity index (χ0) is 17.1. The Morgan fingerprint density at radius 2 is 2.32 bits per heavy atom. The molecule has 4 heterocycles. The van der Waals surface area contributed by atoms with Gasteiger partial charge in [0.15, 0.2) is 0 Å². The summed E-state index contributed by atoms with van der Waals surface area (Å²) in [4.78, 5) is 19.0. The molecule has 2 saturated heterocycles. The maximum atomic E-state index is 12.5. The Kier molecular flexibility index (Phi) is 4.81. The summed E-state index contributed by atoms with van der Waals surface area (Å²) in [6.07, 6.45) is 7.23. The molecule has 3 atom stereocenters. The third kappa shape index (κ3) is 3.91. The maximum absolute atomic E-state index is 12.5.